The van der Waals surface area contributed by atoms with Crippen LogP contribution in [0.1, 0.15) is 0 Å². The highest BCUT2D eigenvalue weighted by Crippen LogP contribution is 1.75. The lowest BCUT2D eigenvalue weighted by Gasteiger charge is -1.97. The number of hydrogen-bond donors (Lipinski definition) is 2. The maximum atomic E-state index is 10.5. The molecule has 0 radical (unpaired) electrons. The maximum Gasteiger partial charge on any atom is 0.327 e. The molecular weight excluding hydrogens is 158 g/mol. The number of carbonyl (C=O) groups is 1. The van der Waals surface area contributed by atoms with Gasteiger partial charge in [0.05, 0.1) is 7.11 Å². The summed E-state index contributed by atoms with van der Waals surface area (Å²) in [7, 11) is 1.28. The van der Waals surface area contributed by atoms with E-state index in [0.29, 0.717) is 0 Å². The molecule has 0 bridgehead atoms. The van der Waals surface area contributed by atoms with Gasteiger partial charge in [-0.1, -0.05) is 6.58 Å². The third-order valence-corrected chi connectivity index (χ3v) is 0.928. The molecule has 5 nitrogen and oxygen atoms in total. The molecule has 0 aliphatic carbocycles. The Hall–Kier alpha value is -1.74. The summed E-state index contributed by atoms with van der Waals surface area (Å²) in [5.41, 5.74) is 7.73. The van der Waals surface area contributed by atoms with Gasteiger partial charge in [-0.15, -0.1) is 5.73 Å². The van der Waals surface area contributed by atoms with Crippen molar-refractivity contribution in [1.82, 2.24) is 5.32 Å². The monoisotopic (exact) mass is 169 g/mol. The predicted octanol–water partition coefficient (Wildman–Crippen LogP) is -0.638. The van der Waals surface area contributed by atoms with Crippen LogP contribution in [-0.2, 0) is 9.53 Å². The summed E-state index contributed by atoms with van der Waals surface area (Å²) in [6.07, 6.45) is 1.39. The van der Waals surface area contributed by atoms with Gasteiger partial charge >= 0.3 is 5.97 Å². The van der Waals surface area contributed by atoms with Gasteiger partial charge < -0.3 is 15.8 Å². The van der Waals surface area contributed by atoms with E-state index in [1.807, 2.05) is 0 Å². The molecule has 0 unspecified atom stereocenters. The Bertz CT molecular complexity index is 229. The zero-order chi connectivity index (χ0) is 9.40. The largest absolute Gasteiger partial charge is 0.468 e. The van der Waals surface area contributed by atoms with Crippen LogP contribution in [0.5, 0.6) is 0 Å². The van der Waals surface area contributed by atoms with Crippen LogP contribution in [0.15, 0.2) is 23.5 Å². The van der Waals surface area contributed by atoms with E-state index in [4.69, 9.17) is 5.73 Å². The van der Waals surface area contributed by atoms with Gasteiger partial charge in [0.25, 0.3) is 0 Å². The molecule has 0 fully saturated rings. The van der Waals surface area contributed by atoms with E-state index >= 15 is 0 Å². The second kappa shape index (κ2) is 6.00. The summed E-state index contributed by atoms with van der Waals surface area (Å²) in [5, 5.41) is 2.53. The van der Waals surface area contributed by atoms with Gasteiger partial charge in [-0.05, 0) is 0 Å². The van der Waals surface area contributed by atoms with Crippen molar-refractivity contribution < 1.29 is 9.53 Å². The topological polar surface area (TPSA) is 76.7 Å². The minimum atomic E-state index is -0.442. The average Bonchev–Trinajstić information content (AvgIpc) is 2.10. The lowest BCUT2D eigenvalue weighted by atomic mass is 10.7. The van der Waals surface area contributed by atoms with Gasteiger partial charge in [-0.3, -0.25) is 4.79 Å². The number of methoxy groups -OCH3 is 1. The summed E-state index contributed by atoms with van der Waals surface area (Å²) in [4.78, 5) is 14.2. The van der Waals surface area contributed by atoms with Crippen molar-refractivity contribution in [3.05, 3.63) is 18.5 Å². The minimum Gasteiger partial charge on any atom is -0.468 e. The summed E-state index contributed by atoms with van der Waals surface area (Å²) < 4.78 is 4.34. The van der Waals surface area contributed by atoms with Crippen LogP contribution in [0.4, 0.5) is 0 Å². The van der Waals surface area contributed by atoms with Crippen LogP contribution in [0.25, 0.3) is 0 Å². The van der Waals surface area contributed by atoms with Gasteiger partial charge in [-0.25, -0.2) is 4.99 Å². The van der Waals surface area contributed by atoms with E-state index < -0.39 is 5.97 Å². The smallest absolute Gasteiger partial charge is 0.327 e. The lowest BCUT2D eigenvalue weighted by molar-refractivity contribution is -0.138. The van der Waals surface area contributed by atoms with Crippen molar-refractivity contribution in [2.24, 2.45) is 10.7 Å². The number of esters is 1. The molecule has 0 aromatic carbocycles. The number of ether oxygens (including phenoxy) is 1. The molecule has 0 spiro atoms. The van der Waals surface area contributed by atoms with Gasteiger partial charge in [0.2, 0.25) is 0 Å². The Morgan fingerprint density at radius 1 is 1.92 bits per heavy atom. The third kappa shape index (κ3) is 5.08. The van der Waals surface area contributed by atoms with Crippen LogP contribution in [0.3, 0.4) is 0 Å². The zero-order valence-electron chi connectivity index (χ0n) is 6.83. The second-order valence-corrected chi connectivity index (χ2v) is 1.77. The zero-order valence-corrected chi connectivity index (χ0v) is 6.83. The Kier molecular flexibility index (Phi) is 5.13. The molecule has 0 saturated carbocycles. The lowest BCUT2D eigenvalue weighted by Crippen LogP contribution is -2.28. The van der Waals surface area contributed by atoms with Crippen LogP contribution in [0, 0.1) is 0 Å². The average molecular weight is 169 g/mol. The Labute approximate surface area is 70.6 Å². The predicted molar refractivity (Wildman–Crippen MR) is 45.4 cm³/mol. The molecule has 0 aromatic heterocycles. The van der Waals surface area contributed by atoms with Crippen LogP contribution in [-0.4, -0.2) is 25.6 Å². The molecule has 3 N–H and O–H groups in total. The highest BCUT2D eigenvalue weighted by Gasteiger charge is 1.96. The number of aliphatic imine (C=N–C) groups is 1. The van der Waals surface area contributed by atoms with Gasteiger partial charge in [-0.2, -0.15) is 0 Å². The van der Waals surface area contributed by atoms with E-state index in [9.17, 15) is 4.79 Å². The Balaban J connectivity index is 3.83. The summed E-state index contributed by atoms with van der Waals surface area (Å²) >= 11 is 0. The fraction of sp³-hybridized carbons (Fsp3) is 0.286. The standard InChI is InChI=1S/C7H11N3O2/c1-3-4-9-7(8)10-5-6(11)12-2/h4H,1,5H2,2H3,(H3,8,9,10). The fourth-order valence-corrected chi connectivity index (χ4v) is 0.385. The van der Waals surface area contributed by atoms with E-state index in [1.54, 1.807) is 0 Å². The van der Waals surface area contributed by atoms with Crippen molar-refractivity contribution in [2.75, 3.05) is 13.7 Å². The molecule has 66 valence electrons. The van der Waals surface area contributed by atoms with E-state index in [0.717, 1.165) is 0 Å². The molecule has 0 heterocycles. The first-order valence-corrected chi connectivity index (χ1v) is 3.18. The highest BCUT2D eigenvalue weighted by molar-refractivity contribution is 5.82. The van der Waals surface area contributed by atoms with E-state index in [2.05, 4.69) is 27.4 Å². The maximum absolute atomic E-state index is 10.5. The molecule has 12 heavy (non-hydrogen) atoms. The molecule has 0 amide bonds. The first-order valence-electron chi connectivity index (χ1n) is 3.18. The molecule has 5 heteroatoms. The SMILES string of the molecule is C=C=CNC(N)=NCC(=O)OC. The number of rotatable bonds is 3. The summed E-state index contributed by atoms with van der Waals surface area (Å²) in [6, 6.07) is 0. The van der Waals surface area contributed by atoms with Crippen LogP contribution >= 0.6 is 0 Å². The minimum absolute atomic E-state index is 0.0969. The van der Waals surface area contributed by atoms with Crippen molar-refractivity contribution in [3.8, 4) is 0 Å². The van der Waals surface area contributed by atoms with Crippen molar-refractivity contribution >= 4 is 11.9 Å². The molecule has 0 saturated heterocycles. The molecule has 0 atom stereocenters. The second-order valence-electron chi connectivity index (χ2n) is 1.77. The quantitative estimate of drug-likeness (QED) is 0.255. The molecule has 0 aromatic rings. The number of carbonyl (C=O) groups excluding carboxylic acids is 1. The van der Waals surface area contributed by atoms with Crippen molar-refractivity contribution in [2.45, 2.75) is 0 Å². The number of nitrogens with one attached hydrogen (secondary N) is 1. The number of hydrogen-bond acceptors (Lipinski definition) is 3. The third-order valence-electron chi connectivity index (χ3n) is 0.928. The fourth-order valence-electron chi connectivity index (χ4n) is 0.385. The van der Waals surface area contributed by atoms with Crippen LogP contribution < -0.4 is 11.1 Å². The number of nitrogens with two attached hydrogens (primary N) is 1. The normalized spacial score (nSPS) is 9.92. The molecule has 0 rings (SSSR count). The summed E-state index contributed by atoms with van der Waals surface area (Å²) in [5.74, 6) is -0.320. The molecule has 0 aliphatic heterocycles. The Morgan fingerprint density at radius 2 is 2.58 bits per heavy atom. The van der Waals surface area contributed by atoms with Crippen molar-refractivity contribution in [1.29, 1.82) is 0 Å². The van der Waals surface area contributed by atoms with E-state index in [-0.39, 0.29) is 12.5 Å². The van der Waals surface area contributed by atoms with Crippen molar-refractivity contribution in [3.63, 3.8) is 0 Å². The van der Waals surface area contributed by atoms with Gasteiger partial charge in [0.1, 0.15) is 6.54 Å². The molecular formula is C7H11N3O2. The Morgan fingerprint density at radius 3 is 3.08 bits per heavy atom. The van der Waals surface area contributed by atoms with Crippen LogP contribution in [0.2, 0.25) is 0 Å². The molecule has 0 aliphatic rings. The highest BCUT2D eigenvalue weighted by atomic mass is 16.5. The number of nitrogens with zero attached hydrogens (tertiary/aromatic N) is 1. The van der Waals surface area contributed by atoms with Gasteiger partial charge in [0, 0.05) is 6.20 Å². The summed E-state index contributed by atoms with van der Waals surface area (Å²) in [6.45, 7) is 3.20. The van der Waals surface area contributed by atoms with E-state index in [1.165, 1.54) is 13.3 Å². The first kappa shape index (κ1) is 10.3. The number of guanidine groups is 1. The first-order chi connectivity index (χ1) is 5.70. The van der Waals surface area contributed by atoms with Gasteiger partial charge in [0.15, 0.2) is 5.96 Å².